The Kier molecular flexibility index (Phi) is 6.47. The van der Waals surface area contributed by atoms with Gasteiger partial charge in [0.2, 0.25) is 5.91 Å². The van der Waals surface area contributed by atoms with E-state index in [9.17, 15) is 19.2 Å². The summed E-state index contributed by atoms with van der Waals surface area (Å²) < 4.78 is 5.15. The number of hydrogen-bond donors (Lipinski definition) is 2. The van der Waals surface area contributed by atoms with Gasteiger partial charge in [0, 0.05) is 25.3 Å². The Hall–Kier alpha value is -3.88. The van der Waals surface area contributed by atoms with Gasteiger partial charge >= 0.3 is 6.03 Å². The number of amides is 5. The van der Waals surface area contributed by atoms with Gasteiger partial charge in [-0.15, -0.1) is 0 Å². The highest BCUT2D eigenvalue weighted by Crippen LogP contribution is 2.33. The number of nitrogens with zero attached hydrogens (tertiary/aromatic N) is 2. The molecule has 1 heterocycles. The number of ether oxygens (including phenoxy) is 1. The van der Waals surface area contributed by atoms with E-state index in [0.717, 1.165) is 4.90 Å². The second-order valence-electron chi connectivity index (χ2n) is 7.63. The van der Waals surface area contributed by atoms with Gasteiger partial charge in [-0.25, -0.2) is 4.79 Å². The van der Waals surface area contributed by atoms with E-state index in [4.69, 9.17) is 4.74 Å². The molecular weight excluding hydrogens is 412 g/mol. The van der Waals surface area contributed by atoms with Crippen LogP contribution in [0.15, 0.2) is 48.5 Å². The topological polar surface area (TPSA) is 108 Å². The summed E-state index contributed by atoms with van der Waals surface area (Å²) in [6.45, 7) is 1.36. The van der Waals surface area contributed by atoms with Gasteiger partial charge < -0.3 is 20.3 Å². The third-order valence-electron chi connectivity index (χ3n) is 5.41. The maximum Gasteiger partial charge on any atom is 0.325 e. The lowest BCUT2D eigenvalue weighted by molar-refractivity contribution is -0.134. The Morgan fingerprint density at radius 2 is 1.69 bits per heavy atom. The van der Waals surface area contributed by atoms with Crippen molar-refractivity contribution in [1.29, 1.82) is 0 Å². The van der Waals surface area contributed by atoms with Crippen molar-refractivity contribution in [2.45, 2.75) is 18.9 Å². The highest BCUT2D eigenvalue weighted by atomic mass is 16.5. The maximum atomic E-state index is 13.2. The molecule has 3 rings (SSSR count). The van der Waals surface area contributed by atoms with Crippen molar-refractivity contribution in [1.82, 2.24) is 15.1 Å². The fourth-order valence-corrected chi connectivity index (χ4v) is 3.58. The van der Waals surface area contributed by atoms with E-state index in [0.29, 0.717) is 29.0 Å². The first-order chi connectivity index (χ1) is 15.2. The molecule has 1 atom stereocenters. The van der Waals surface area contributed by atoms with E-state index in [1.165, 1.54) is 4.90 Å². The summed E-state index contributed by atoms with van der Waals surface area (Å²) in [5.74, 6) is -0.540. The van der Waals surface area contributed by atoms with Gasteiger partial charge in [0.1, 0.15) is 17.8 Å². The van der Waals surface area contributed by atoms with Crippen molar-refractivity contribution in [3.63, 3.8) is 0 Å². The fourth-order valence-electron chi connectivity index (χ4n) is 3.58. The van der Waals surface area contributed by atoms with Crippen LogP contribution in [-0.4, -0.2) is 61.3 Å². The standard InChI is InChI=1S/C23H26N4O5/c1-5-23(16-8-12-18(32-4)13-9-16)21(30)27(22(31)25-23)14-19(28)24-17-10-6-15(7-11-17)20(29)26(2)3/h6-13H,5,14H2,1-4H3,(H,24,28)(H,25,31)/t23-/m1/s1. The first-order valence-electron chi connectivity index (χ1n) is 10.1. The third-order valence-corrected chi connectivity index (χ3v) is 5.41. The number of nitrogens with one attached hydrogen (secondary N) is 2. The Bertz CT molecular complexity index is 1030. The van der Waals surface area contributed by atoms with Crippen LogP contribution in [-0.2, 0) is 15.1 Å². The lowest BCUT2D eigenvalue weighted by Crippen LogP contribution is -2.44. The fraction of sp³-hybridized carbons (Fsp3) is 0.304. The number of benzene rings is 2. The van der Waals surface area contributed by atoms with E-state index in [1.807, 2.05) is 0 Å². The molecule has 1 saturated heterocycles. The van der Waals surface area contributed by atoms with Crippen LogP contribution >= 0.6 is 0 Å². The number of hydrogen-bond acceptors (Lipinski definition) is 5. The molecule has 1 fully saturated rings. The number of carbonyl (C=O) groups excluding carboxylic acids is 4. The lowest BCUT2D eigenvalue weighted by Gasteiger charge is -2.26. The molecule has 0 bridgehead atoms. The lowest BCUT2D eigenvalue weighted by atomic mass is 9.87. The number of anilines is 1. The molecule has 0 spiro atoms. The molecule has 0 aromatic heterocycles. The summed E-state index contributed by atoms with van der Waals surface area (Å²) in [5, 5.41) is 5.40. The minimum atomic E-state index is -1.24. The predicted molar refractivity (Wildman–Crippen MR) is 118 cm³/mol. The molecule has 1 aliphatic rings. The van der Waals surface area contributed by atoms with E-state index >= 15 is 0 Å². The summed E-state index contributed by atoms with van der Waals surface area (Å²) in [5.41, 5.74) is 0.310. The number of carbonyl (C=O) groups is 4. The van der Waals surface area contributed by atoms with Gasteiger partial charge in [0.15, 0.2) is 0 Å². The molecule has 9 nitrogen and oxygen atoms in total. The van der Waals surface area contributed by atoms with Crippen LogP contribution in [0, 0.1) is 0 Å². The average Bonchev–Trinajstić information content (AvgIpc) is 3.04. The van der Waals surface area contributed by atoms with Gasteiger partial charge in [-0.05, 0) is 48.4 Å². The number of methoxy groups -OCH3 is 1. The molecule has 9 heteroatoms. The van der Waals surface area contributed by atoms with E-state index in [-0.39, 0.29) is 5.91 Å². The average molecular weight is 438 g/mol. The maximum absolute atomic E-state index is 13.2. The predicted octanol–water partition coefficient (Wildman–Crippen LogP) is 2.19. The monoisotopic (exact) mass is 438 g/mol. The summed E-state index contributed by atoms with van der Waals surface area (Å²) in [6.07, 6.45) is 0.323. The Balaban J connectivity index is 1.71. The van der Waals surface area contributed by atoms with Gasteiger partial charge in [0.05, 0.1) is 7.11 Å². The molecule has 5 amide bonds. The van der Waals surface area contributed by atoms with Gasteiger partial charge in [-0.2, -0.15) is 0 Å². The summed E-state index contributed by atoms with van der Waals surface area (Å²) in [4.78, 5) is 52.6. The first kappa shape index (κ1) is 22.8. The molecule has 168 valence electrons. The van der Waals surface area contributed by atoms with Crippen LogP contribution in [0.3, 0.4) is 0 Å². The molecule has 0 aliphatic carbocycles. The Morgan fingerprint density at radius 3 is 2.22 bits per heavy atom. The van der Waals surface area contributed by atoms with Crippen LogP contribution < -0.4 is 15.4 Å². The molecule has 32 heavy (non-hydrogen) atoms. The zero-order chi connectivity index (χ0) is 23.5. The minimum absolute atomic E-state index is 0.156. The van der Waals surface area contributed by atoms with Crippen LogP contribution in [0.1, 0.15) is 29.3 Å². The molecular formula is C23H26N4O5. The van der Waals surface area contributed by atoms with Crippen LogP contribution in [0.4, 0.5) is 10.5 Å². The zero-order valence-corrected chi connectivity index (χ0v) is 18.5. The summed E-state index contributed by atoms with van der Waals surface area (Å²) in [7, 11) is 4.85. The van der Waals surface area contributed by atoms with E-state index in [1.54, 1.807) is 76.7 Å². The molecule has 0 unspecified atom stereocenters. The molecule has 0 radical (unpaired) electrons. The molecule has 2 N–H and O–H groups in total. The highest BCUT2D eigenvalue weighted by Gasteiger charge is 2.51. The van der Waals surface area contributed by atoms with Crippen molar-refractivity contribution in [3.8, 4) is 5.75 Å². The summed E-state index contributed by atoms with van der Waals surface area (Å²) >= 11 is 0. The van der Waals surface area contributed by atoms with E-state index in [2.05, 4.69) is 10.6 Å². The summed E-state index contributed by atoms with van der Waals surface area (Å²) in [6, 6.07) is 12.6. The molecule has 1 aliphatic heterocycles. The number of imide groups is 1. The van der Waals surface area contributed by atoms with Gasteiger partial charge in [-0.3, -0.25) is 19.3 Å². The SMILES string of the molecule is CC[C@]1(c2ccc(OC)cc2)NC(=O)N(CC(=O)Nc2ccc(C(=O)N(C)C)cc2)C1=O. The largest absolute Gasteiger partial charge is 0.497 e. The highest BCUT2D eigenvalue weighted by molar-refractivity contribution is 6.10. The second-order valence-corrected chi connectivity index (χ2v) is 7.63. The quantitative estimate of drug-likeness (QED) is 0.645. The Morgan fingerprint density at radius 1 is 1.06 bits per heavy atom. The first-order valence-corrected chi connectivity index (χ1v) is 10.1. The van der Waals surface area contributed by atoms with Crippen LogP contribution in [0.25, 0.3) is 0 Å². The minimum Gasteiger partial charge on any atom is -0.497 e. The number of rotatable bonds is 7. The molecule has 0 saturated carbocycles. The zero-order valence-electron chi connectivity index (χ0n) is 18.5. The van der Waals surface area contributed by atoms with Crippen LogP contribution in [0.5, 0.6) is 5.75 Å². The van der Waals surface area contributed by atoms with Crippen molar-refractivity contribution in [3.05, 3.63) is 59.7 Å². The van der Waals surface area contributed by atoms with Crippen molar-refractivity contribution >= 4 is 29.4 Å². The van der Waals surface area contributed by atoms with Crippen molar-refractivity contribution in [2.24, 2.45) is 0 Å². The second kappa shape index (κ2) is 9.09. The smallest absolute Gasteiger partial charge is 0.325 e. The van der Waals surface area contributed by atoms with Gasteiger partial charge in [0.25, 0.3) is 11.8 Å². The van der Waals surface area contributed by atoms with E-state index < -0.39 is 29.9 Å². The third kappa shape index (κ3) is 4.27. The normalized spacial score (nSPS) is 17.7. The van der Waals surface area contributed by atoms with Crippen molar-refractivity contribution in [2.75, 3.05) is 33.1 Å². The van der Waals surface area contributed by atoms with Crippen molar-refractivity contribution < 1.29 is 23.9 Å². The van der Waals surface area contributed by atoms with Gasteiger partial charge in [-0.1, -0.05) is 19.1 Å². The Labute approximate surface area is 186 Å². The van der Waals surface area contributed by atoms with Crippen LogP contribution in [0.2, 0.25) is 0 Å². The molecule has 2 aromatic carbocycles. The number of urea groups is 1. The molecule has 2 aromatic rings.